The Hall–Kier alpha value is -1.62. The van der Waals surface area contributed by atoms with Gasteiger partial charge in [-0.15, -0.1) is 24.0 Å². The number of anilines is 1. The molecule has 1 aliphatic rings. The summed E-state index contributed by atoms with van der Waals surface area (Å²) in [6.07, 6.45) is 0. The van der Waals surface area contributed by atoms with Crippen LogP contribution in [0, 0.1) is 5.82 Å². The summed E-state index contributed by atoms with van der Waals surface area (Å²) in [5.41, 5.74) is 7.78. The van der Waals surface area contributed by atoms with Gasteiger partial charge in [0.2, 0.25) is 0 Å². The standard InChI is InChI=1S/C20H24ClFN4O2.HI/c1-27-19-7-6-16(12-17(19)21)25-20(23)24-13-18(26-8-10-28-11-9-26)14-2-4-15(22)5-3-14;/h2-7,12,18H,8-11,13H2,1H3,(H3,23,24,25);1H. The number of rotatable bonds is 6. The number of nitrogens with one attached hydrogen (secondary N) is 1. The smallest absolute Gasteiger partial charge is 0.193 e. The van der Waals surface area contributed by atoms with E-state index < -0.39 is 0 Å². The molecular weight excluding hydrogens is 510 g/mol. The molecule has 158 valence electrons. The summed E-state index contributed by atoms with van der Waals surface area (Å²) in [4.78, 5) is 6.77. The summed E-state index contributed by atoms with van der Waals surface area (Å²) in [5, 5.41) is 3.52. The van der Waals surface area contributed by atoms with Gasteiger partial charge in [-0.3, -0.25) is 9.89 Å². The van der Waals surface area contributed by atoms with E-state index in [9.17, 15) is 4.39 Å². The lowest BCUT2D eigenvalue weighted by Gasteiger charge is -2.34. The Bertz CT molecular complexity index is 817. The zero-order valence-corrected chi connectivity index (χ0v) is 19.2. The average molecular weight is 535 g/mol. The SMILES string of the molecule is COc1ccc(NC(N)=NCC(c2ccc(F)cc2)N2CCOCC2)cc1Cl.I. The molecule has 0 saturated carbocycles. The van der Waals surface area contributed by atoms with Crippen molar-refractivity contribution in [3.8, 4) is 5.75 Å². The molecule has 1 atom stereocenters. The topological polar surface area (TPSA) is 72.1 Å². The zero-order chi connectivity index (χ0) is 19.9. The Balaban J connectivity index is 0.00000300. The van der Waals surface area contributed by atoms with E-state index in [4.69, 9.17) is 26.8 Å². The maximum Gasteiger partial charge on any atom is 0.193 e. The van der Waals surface area contributed by atoms with E-state index in [1.807, 2.05) is 6.07 Å². The van der Waals surface area contributed by atoms with Gasteiger partial charge in [-0.2, -0.15) is 0 Å². The molecule has 9 heteroatoms. The van der Waals surface area contributed by atoms with Gasteiger partial charge in [0.15, 0.2) is 5.96 Å². The third-order valence-electron chi connectivity index (χ3n) is 4.60. The van der Waals surface area contributed by atoms with E-state index >= 15 is 0 Å². The fraction of sp³-hybridized carbons (Fsp3) is 0.350. The molecule has 3 rings (SSSR count). The van der Waals surface area contributed by atoms with Crippen LogP contribution in [0.15, 0.2) is 47.5 Å². The summed E-state index contributed by atoms with van der Waals surface area (Å²) >= 11 is 6.14. The van der Waals surface area contributed by atoms with E-state index in [2.05, 4.69) is 15.2 Å². The highest BCUT2D eigenvalue weighted by Gasteiger charge is 2.22. The third kappa shape index (κ3) is 6.70. The summed E-state index contributed by atoms with van der Waals surface area (Å²) in [7, 11) is 1.56. The van der Waals surface area contributed by atoms with Crippen LogP contribution in [-0.4, -0.2) is 50.8 Å². The normalized spacial score (nSPS) is 16.0. The first-order valence-electron chi connectivity index (χ1n) is 9.04. The molecule has 0 bridgehead atoms. The van der Waals surface area contributed by atoms with Crippen LogP contribution >= 0.6 is 35.6 Å². The summed E-state index contributed by atoms with van der Waals surface area (Å²) in [6, 6.07) is 11.8. The molecule has 0 amide bonds. The highest BCUT2D eigenvalue weighted by atomic mass is 127. The lowest BCUT2D eigenvalue weighted by Crippen LogP contribution is -2.40. The van der Waals surface area contributed by atoms with Gasteiger partial charge in [0.1, 0.15) is 11.6 Å². The van der Waals surface area contributed by atoms with Crippen LogP contribution in [0.25, 0.3) is 0 Å². The van der Waals surface area contributed by atoms with E-state index in [0.717, 1.165) is 24.3 Å². The summed E-state index contributed by atoms with van der Waals surface area (Å²) in [5.74, 6) is 0.610. The van der Waals surface area contributed by atoms with Crippen molar-refractivity contribution in [1.29, 1.82) is 0 Å². The Kier molecular flexibility index (Phi) is 9.41. The number of methoxy groups -OCH3 is 1. The Morgan fingerprint density at radius 3 is 2.59 bits per heavy atom. The second kappa shape index (κ2) is 11.5. The second-order valence-electron chi connectivity index (χ2n) is 6.42. The number of guanidine groups is 1. The van der Waals surface area contributed by atoms with Gasteiger partial charge in [0.25, 0.3) is 0 Å². The first-order chi connectivity index (χ1) is 13.6. The van der Waals surface area contributed by atoms with Crippen molar-refractivity contribution in [2.45, 2.75) is 6.04 Å². The zero-order valence-electron chi connectivity index (χ0n) is 16.1. The van der Waals surface area contributed by atoms with Crippen molar-refractivity contribution in [2.24, 2.45) is 10.7 Å². The van der Waals surface area contributed by atoms with E-state index in [0.29, 0.717) is 30.5 Å². The van der Waals surface area contributed by atoms with Crippen LogP contribution in [0.4, 0.5) is 10.1 Å². The first-order valence-corrected chi connectivity index (χ1v) is 9.42. The number of morpholine rings is 1. The molecule has 1 fully saturated rings. The van der Waals surface area contributed by atoms with Crippen LogP contribution in [-0.2, 0) is 4.74 Å². The maximum atomic E-state index is 13.3. The molecule has 2 aromatic rings. The maximum absolute atomic E-state index is 13.3. The van der Waals surface area contributed by atoms with Crippen molar-refractivity contribution in [3.63, 3.8) is 0 Å². The molecule has 3 N–H and O–H groups in total. The summed E-state index contributed by atoms with van der Waals surface area (Å²) < 4.78 is 23.9. The van der Waals surface area contributed by atoms with E-state index in [1.165, 1.54) is 12.1 Å². The molecule has 1 saturated heterocycles. The molecule has 0 aromatic heterocycles. The van der Waals surface area contributed by atoms with Crippen LogP contribution < -0.4 is 15.8 Å². The quantitative estimate of drug-likeness (QED) is 0.334. The number of halogens is 3. The van der Waals surface area contributed by atoms with Crippen molar-refractivity contribution in [3.05, 3.63) is 58.9 Å². The Morgan fingerprint density at radius 2 is 1.97 bits per heavy atom. The number of hydrogen-bond acceptors (Lipinski definition) is 4. The van der Waals surface area contributed by atoms with Crippen molar-refractivity contribution in [1.82, 2.24) is 4.90 Å². The average Bonchev–Trinajstić information content (AvgIpc) is 2.70. The van der Waals surface area contributed by atoms with E-state index in [-0.39, 0.29) is 41.8 Å². The molecule has 0 radical (unpaired) electrons. The Labute approximate surface area is 192 Å². The lowest BCUT2D eigenvalue weighted by molar-refractivity contribution is 0.0180. The first kappa shape index (κ1) is 23.7. The van der Waals surface area contributed by atoms with Crippen molar-refractivity contribution < 1.29 is 13.9 Å². The number of benzene rings is 2. The number of nitrogens with two attached hydrogens (primary N) is 1. The summed E-state index contributed by atoms with van der Waals surface area (Å²) in [6.45, 7) is 3.35. The van der Waals surface area contributed by atoms with Crippen LogP contribution in [0.2, 0.25) is 5.02 Å². The number of ether oxygens (including phenoxy) is 2. The fourth-order valence-electron chi connectivity index (χ4n) is 3.12. The highest BCUT2D eigenvalue weighted by Crippen LogP contribution is 2.27. The molecular formula is C20H25ClFIN4O2. The van der Waals surface area contributed by atoms with Gasteiger partial charge in [-0.1, -0.05) is 23.7 Å². The third-order valence-corrected chi connectivity index (χ3v) is 4.90. The molecule has 0 spiro atoms. The van der Waals surface area contributed by atoms with Gasteiger partial charge in [0.05, 0.1) is 37.9 Å². The van der Waals surface area contributed by atoms with Gasteiger partial charge in [-0.25, -0.2) is 4.39 Å². The van der Waals surface area contributed by atoms with Crippen LogP contribution in [0.1, 0.15) is 11.6 Å². The minimum absolute atomic E-state index is 0. The van der Waals surface area contributed by atoms with Crippen molar-refractivity contribution in [2.75, 3.05) is 45.3 Å². The largest absolute Gasteiger partial charge is 0.495 e. The second-order valence-corrected chi connectivity index (χ2v) is 6.82. The molecule has 6 nitrogen and oxygen atoms in total. The molecule has 29 heavy (non-hydrogen) atoms. The predicted octanol–water partition coefficient (Wildman–Crippen LogP) is 3.91. The van der Waals surface area contributed by atoms with E-state index in [1.54, 1.807) is 31.4 Å². The predicted molar refractivity (Wildman–Crippen MR) is 125 cm³/mol. The molecule has 1 aliphatic heterocycles. The van der Waals surface area contributed by atoms with Gasteiger partial charge >= 0.3 is 0 Å². The molecule has 2 aromatic carbocycles. The molecule has 1 unspecified atom stereocenters. The number of aliphatic imine (C=N–C) groups is 1. The molecule has 0 aliphatic carbocycles. The highest BCUT2D eigenvalue weighted by molar-refractivity contribution is 14.0. The minimum atomic E-state index is -0.259. The van der Waals surface area contributed by atoms with Gasteiger partial charge in [0, 0.05) is 18.8 Å². The van der Waals surface area contributed by atoms with Gasteiger partial charge in [-0.05, 0) is 35.9 Å². The van der Waals surface area contributed by atoms with Gasteiger partial charge < -0.3 is 20.5 Å². The fourth-order valence-corrected chi connectivity index (χ4v) is 3.38. The Morgan fingerprint density at radius 1 is 1.28 bits per heavy atom. The molecule has 1 heterocycles. The monoisotopic (exact) mass is 534 g/mol. The lowest BCUT2D eigenvalue weighted by atomic mass is 10.0. The van der Waals surface area contributed by atoms with Crippen molar-refractivity contribution >= 4 is 47.2 Å². The minimum Gasteiger partial charge on any atom is -0.495 e. The number of nitrogens with zero attached hydrogens (tertiary/aromatic N) is 2. The number of hydrogen-bond donors (Lipinski definition) is 2. The van der Waals surface area contributed by atoms with Crippen LogP contribution in [0.5, 0.6) is 5.75 Å². The van der Waals surface area contributed by atoms with Crippen LogP contribution in [0.3, 0.4) is 0 Å².